The number of aliphatic hydroxyl groups is 4. The van der Waals surface area contributed by atoms with Gasteiger partial charge in [-0.3, -0.25) is 0 Å². The molecule has 0 aliphatic rings. The van der Waals surface area contributed by atoms with Crippen LogP contribution in [0.1, 0.15) is 42.6 Å². The Morgan fingerprint density at radius 3 is 1.89 bits per heavy atom. The Bertz CT molecular complexity index is 510. The third-order valence-corrected chi connectivity index (χ3v) is 5.23. The van der Waals surface area contributed by atoms with Gasteiger partial charge in [0.2, 0.25) is 0 Å². The van der Waals surface area contributed by atoms with Crippen LogP contribution in [0.15, 0.2) is 18.2 Å². The summed E-state index contributed by atoms with van der Waals surface area (Å²) in [4.78, 5) is 31.3. The Morgan fingerprint density at radius 1 is 1.00 bits per heavy atom. The predicted molar refractivity (Wildman–Crippen MR) is 102 cm³/mol. The van der Waals surface area contributed by atoms with Crippen LogP contribution in [0.3, 0.4) is 0 Å². The Labute approximate surface area is 161 Å². The van der Waals surface area contributed by atoms with E-state index in [0.29, 0.717) is 5.56 Å². The molecule has 1 atom stereocenters. The van der Waals surface area contributed by atoms with Crippen LogP contribution in [0, 0.1) is 12.3 Å². The highest BCUT2D eigenvalue weighted by atomic mass is 31.2. The summed E-state index contributed by atoms with van der Waals surface area (Å²) in [7, 11) is -5.22. The monoisotopic (exact) mass is 428 g/mol. The number of aliphatic hydroxyl groups excluding tert-OH is 4. The quantitative estimate of drug-likeness (QED) is 0.251. The summed E-state index contributed by atoms with van der Waals surface area (Å²) in [6.45, 7) is 2.68. The SMILES string of the molecule is CCCCc1cc(C)ccc1C(O)C(CO)(CO)CO.OP(O)OP(O)O. The molecule has 0 saturated heterocycles. The van der Waals surface area contributed by atoms with Gasteiger partial charge in [0, 0.05) is 0 Å². The Morgan fingerprint density at radius 2 is 1.52 bits per heavy atom. The molecule has 0 saturated carbocycles. The predicted octanol–water partition coefficient (Wildman–Crippen LogP) is 0.760. The number of rotatable bonds is 10. The van der Waals surface area contributed by atoms with Gasteiger partial charge in [0.1, 0.15) is 0 Å². The topological polar surface area (TPSA) is 171 Å². The van der Waals surface area contributed by atoms with Gasteiger partial charge >= 0.3 is 17.2 Å². The minimum atomic E-state index is -2.61. The summed E-state index contributed by atoms with van der Waals surface area (Å²) >= 11 is 0. The van der Waals surface area contributed by atoms with Crippen molar-refractivity contribution < 1.29 is 44.3 Å². The molecule has 158 valence electrons. The van der Waals surface area contributed by atoms with Crippen molar-refractivity contribution in [2.24, 2.45) is 5.41 Å². The van der Waals surface area contributed by atoms with Crippen LogP contribution in [-0.4, -0.2) is 59.8 Å². The molecule has 27 heavy (non-hydrogen) atoms. The third-order valence-electron chi connectivity index (χ3n) is 4.06. The largest absolute Gasteiger partial charge is 0.395 e. The zero-order chi connectivity index (χ0) is 21.0. The van der Waals surface area contributed by atoms with Crippen LogP contribution in [0.25, 0.3) is 0 Å². The lowest BCUT2D eigenvalue weighted by molar-refractivity contribution is -0.0855. The Kier molecular flexibility index (Phi) is 13.7. The summed E-state index contributed by atoms with van der Waals surface area (Å²) in [5.74, 6) is 0. The number of hydrogen-bond donors (Lipinski definition) is 8. The molecule has 0 bridgehead atoms. The summed E-state index contributed by atoms with van der Waals surface area (Å²) in [5, 5.41) is 38.9. The van der Waals surface area contributed by atoms with Crippen molar-refractivity contribution in [2.45, 2.75) is 39.2 Å². The Balaban J connectivity index is 0.000000821. The molecule has 0 amide bonds. The molecule has 0 spiro atoms. The molecule has 0 heterocycles. The molecule has 11 heteroatoms. The molecule has 1 rings (SSSR count). The minimum Gasteiger partial charge on any atom is -0.395 e. The fourth-order valence-corrected chi connectivity index (χ4v) is 2.91. The van der Waals surface area contributed by atoms with E-state index in [4.69, 9.17) is 19.6 Å². The molecule has 0 aliphatic carbocycles. The van der Waals surface area contributed by atoms with Crippen molar-refractivity contribution in [1.82, 2.24) is 0 Å². The highest BCUT2D eigenvalue weighted by molar-refractivity contribution is 7.53. The first-order valence-electron chi connectivity index (χ1n) is 8.31. The fourth-order valence-electron chi connectivity index (χ4n) is 2.39. The average molecular weight is 428 g/mol. The summed E-state index contributed by atoms with van der Waals surface area (Å²) in [6.07, 6.45) is 1.81. The fraction of sp³-hybridized carbons (Fsp3) is 0.625. The van der Waals surface area contributed by atoms with Crippen molar-refractivity contribution >= 4 is 17.2 Å². The molecular weight excluding hydrogens is 398 g/mol. The first kappa shape index (κ1) is 26.7. The van der Waals surface area contributed by atoms with Gasteiger partial charge in [-0.05, 0) is 30.9 Å². The van der Waals surface area contributed by atoms with Crippen molar-refractivity contribution in [1.29, 1.82) is 0 Å². The first-order chi connectivity index (χ1) is 12.7. The maximum Gasteiger partial charge on any atom is 0.334 e. The molecule has 0 aliphatic heterocycles. The van der Waals surface area contributed by atoms with Crippen LogP contribution in [-0.2, 0) is 10.7 Å². The summed E-state index contributed by atoms with van der Waals surface area (Å²) in [5.41, 5.74) is 1.49. The van der Waals surface area contributed by atoms with E-state index in [1.54, 1.807) is 0 Å². The maximum absolute atomic E-state index is 10.5. The van der Waals surface area contributed by atoms with Crippen molar-refractivity contribution in [3.8, 4) is 0 Å². The molecule has 8 N–H and O–H groups in total. The molecule has 0 radical (unpaired) electrons. The van der Waals surface area contributed by atoms with E-state index in [1.165, 1.54) is 0 Å². The lowest BCUT2D eigenvalue weighted by atomic mass is 9.78. The number of unbranched alkanes of at least 4 members (excludes halogenated alkanes) is 1. The van der Waals surface area contributed by atoms with E-state index in [1.807, 2.05) is 25.1 Å². The molecule has 9 nitrogen and oxygen atoms in total. The van der Waals surface area contributed by atoms with E-state index in [0.717, 1.165) is 30.4 Å². The second-order valence-corrected chi connectivity index (χ2v) is 7.80. The molecule has 1 aromatic carbocycles. The van der Waals surface area contributed by atoms with Gasteiger partial charge in [0.05, 0.1) is 31.3 Å². The Hall–Kier alpha value is -0.280. The van der Waals surface area contributed by atoms with Gasteiger partial charge in [-0.15, -0.1) is 0 Å². The molecular formula is C16H30O9P2. The summed E-state index contributed by atoms with van der Waals surface area (Å²) in [6, 6.07) is 5.73. The average Bonchev–Trinajstić information content (AvgIpc) is 2.61. The third kappa shape index (κ3) is 9.17. The van der Waals surface area contributed by atoms with E-state index in [2.05, 4.69) is 11.2 Å². The first-order valence-corrected chi connectivity index (χ1v) is 10.6. The molecule has 0 aromatic heterocycles. The maximum atomic E-state index is 10.5. The van der Waals surface area contributed by atoms with Crippen LogP contribution >= 0.6 is 17.2 Å². The van der Waals surface area contributed by atoms with Gasteiger partial charge in [0.25, 0.3) is 0 Å². The highest BCUT2D eigenvalue weighted by Crippen LogP contribution is 2.41. The van der Waals surface area contributed by atoms with Crippen LogP contribution in [0.2, 0.25) is 0 Å². The zero-order valence-corrected chi connectivity index (χ0v) is 17.2. The molecule has 1 aromatic rings. The normalized spacial score (nSPS) is 12.9. The second-order valence-electron chi connectivity index (χ2n) is 6.13. The van der Waals surface area contributed by atoms with Gasteiger partial charge in [-0.25, -0.2) is 4.31 Å². The lowest BCUT2D eigenvalue weighted by Crippen LogP contribution is -2.40. The van der Waals surface area contributed by atoms with Crippen LogP contribution in [0.5, 0.6) is 0 Å². The van der Waals surface area contributed by atoms with Gasteiger partial charge in [-0.2, -0.15) is 0 Å². The standard InChI is InChI=1S/C16H26O4.H4O5P2/c1-3-4-5-13-8-12(2)6-7-14(13)15(20)16(9-17,10-18)11-19;1-6(2)5-7(3)4/h6-8,15,17-20H,3-5,9-11H2,1-2H3;1-4H. The highest BCUT2D eigenvalue weighted by Gasteiger charge is 2.38. The number of aryl methyl sites for hydroxylation is 2. The zero-order valence-electron chi connectivity index (χ0n) is 15.4. The van der Waals surface area contributed by atoms with Crippen molar-refractivity contribution in [2.75, 3.05) is 19.8 Å². The lowest BCUT2D eigenvalue weighted by Gasteiger charge is -2.34. The van der Waals surface area contributed by atoms with E-state index in [-0.39, 0.29) is 0 Å². The van der Waals surface area contributed by atoms with Gasteiger partial charge in [-0.1, -0.05) is 37.1 Å². The van der Waals surface area contributed by atoms with Crippen LogP contribution < -0.4 is 0 Å². The molecule has 0 fully saturated rings. The smallest absolute Gasteiger partial charge is 0.334 e. The van der Waals surface area contributed by atoms with Crippen LogP contribution in [0.4, 0.5) is 0 Å². The van der Waals surface area contributed by atoms with Gasteiger partial charge < -0.3 is 40.0 Å². The van der Waals surface area contributed by atoms with E-state index in [9.17, 15) is 20.4 Å². The summed E-state index contributed by atoms with van der Waals surface area (Å²) < 4.78 is 3.60. The van der Waals surface area contributed by atoms with Crippen molar-refractivity contribution in [3.63, 3.8) is 0 Å². The minimum absolute atomic E-state index is 0.470. The van der Waals surface area contributed by atoms with Crippen molar-refractivity contribution in [3.05, 3.63) is 34.9 Å². The van der Waals surface area contributed by atoms with Gasteiger partial charge in [0.15, 0.2) is 0 Å². The van der Waals surface area contributed by atoms with E-state index >= 15 is 0 Å². The number of hydrogen-bond acceptors (Lipinski definition) is 9. The second kappa shape index (κ2) is 13.8. The van der Waals surface area contributed by atoms with E-state index < -0.39 is 48.5 Å². The number of benzene rings is 1. The molecule has 1 unspecified atom stereocenters.